The SMILES string of the molecule is CC(C)(C)C(=O)OC1CSCC1C(=O)O. The molecular weight excluding hydrogens is 216 g/mol. The van der Waals surface area contributed by atoms with Gasteiger partial charge in [-0.1, -0.05) is 0 Å². The van der Waals surface area contributed by atoms with Crippen LogP contribution in [0.25, 0.3) is 0 Å². The molecule has 5 heteroatoms. The van der Waals surface area contributed by atoms with Crippen LogP contribution in [0.3, 0.4) is 0 Å². The van der Waals surface area contributed by atoms with Crippen molar-refractivity contribution in [3.05, 3.63) is 0 Å². The van der Waals surface area contributed by atoms with Crippen molar-refractivity contribution in [2.75, 3.05) is 11.5 Å². The maximum absolute atomic E-state index is 11.6. The van der Waals surface area contributed by atoms with Gasteiger partial charge in [-0.3, -0.25) is 9.59 Å². The molecule has 0 spiro atoms. The third-order valence-electron chi connectivity index (χ3n) is 2.22. The third-order valence-corrected chi connectivity index (χ3v) is 3.38. The Bertz CT molecular complexity index is 269. The summed E-state index contributed by atoms with van der Waals surface area (Å²) in [6.07, 6.45) is -0.473. The Morgan fingerprint density at radius 1 is 1.33 bits per heavy atom. The number of ether oxygens (including phenoxy) is 1. The summed E-state index contributed by atoms with van der Waals surface area (Å²) in [5, 5.41) is 8.89. The molecule has 0 radical (unpaired) electrons. The van der Waals surface area contributed by atoms with Crippen molar-refractivity contribution < 1.29 is 19.4 Å². The molecule has 0 aliphatic carbocycles. The molecule has 2 atom stereocenters. The number of carboxylic acid groups (broad SMARTS) is 1. The minimum absolute atomic E-state index is 0.332. The largest absolute Gasteiger partial charge is 0.481 e. The fraction of sp³-hybridized carbons (Fsp3) is 0.800. The molecule has 2 unspecified atom stereocenters. The first-order valence-electron chi connectivity index (χ1n) is 4.84. The van der Waals surface area contributed by atoms with Crippen molar-refractivity contribution in [3.63, 3.8) is 0 Å². The Balaban J connectivity index is 2.58. The number of carbonyl (C=O) groups is 2. The normalized spacial score (nSPS) is 26.3. The highest BCUT2D eigenvalue weighted by Gasteiger charge is 2.38. The molecule has 0 saturated carbocycles. The summed E-state index contributed by atoms with van der Waals surface area (Å²) in [6, 6.07) is 0. The topological polar surface area (TPSA) is 63.6 Å². The third kappa shape index (κ3) is 3.12. The second kappa shape index (κ2) is 4.43. The Labute approximate surface area is 93.4 Å². The Morgan fingerprint density at radius 3 is 2.40 bits per heavy atom. The van der Waals surface area contributed by atoms with Crippen LogP contribution in [0.15, 0.2) is 0 Å². The average Bonchev–Trinajstić information content (AvgIpc) is 2.50. The monoisotopic (exact) mass is 232 g/mol. The van der Waals surface area contributed by atoms with E-state index >= 15 is 0 Å². The van der Waals surface area contributed by atoms with Gasteiger partial charge in [0.05, 0.1) is 5.41 Å². The van der Waals surface area contributed by atoms with Crippen LogP contribution >= 0.6 is 11.8 Å². The van der Waals surface area contributed by atoms with E-state index in [1.807, 2.05) is 0 Å². The van der Waals surface area contributed by atoms with Gasteiger partial charge >= 0.3 is 11.9 Å². The summed E-state index contributed by atoms with van der Waals surface area (Å²) < 4.78 is 5.21. The van der Waals surface area contributed by atoms with Crippen LogP contribution in [0.1, 0.15) is 20.8 Å². The summed E-state index contributed by atoms with van der Waals surface area (Å²) in [7, 11) is 0. The molecule has 1 aliphatic rings. The van der Waals surface area contributed by atoms with Gasteiger partial charge in [0.1, 0.15) is 12.0 Å². The van der Waals surface area contributed by atoms with Crippen molar-refractivity contribution in [3.8, 4) is 0 Å². The summed E-state index contributed by atoms with van der Waals surface area (Å²) in [6.45, 7) is 5.27. The van der Waals surface area contributed by atoms with E-state index in [0.29, 0.717) is 11.5 Å². The summed E-state index contributed by atoms with van der Waals surface area (Å²) in [4.78, 5) is 22.4. The van der Waals surface area contributed by atoms with Crippen molar-refractivity contribution >= 4 is 23.7 Å². The smallest absolute Gasteiger partial charge is 0.311 e. The zero-order valence-corrected chi connectivity index (χ0v) is 9.97. The lowest BCUT2D eigenvalue weighted by molar-refractivity contribution is -0.162. The highest BCUT2D eigenvalue weighted by molar-refractivity contribution is 7.99. The molecule has 1 rings (SSSR count). The van der Waals surface area contributed by atoms with Gasteiger partial charge in [0.25, 0.3) is 0 Å². The van der Waals surface area contributed by atoms with E-state index in [9.17, 15) is 9.59 Å². The highest BCUT2D eigenvalue weighted by Crippen LogP contribution is 2.29. The average molecular weight is 232 g/mol. The van der Waals surface area contributed by atoms with Crippen LogP contribution in [0.2, 0.25) is 0 Å². The van der Waals surface area contributed by atoms with Crippen LogP contribution in [-0.4, -0.2) is 34.7 Å². The van der Waals surface area contributed by atoms with Gasteiger partial charge in [-0.15, -0.1) is 0 Å². The number of rotatable bonds is 2. The lowest BCUT2D eigenvalue weighted by Crippen LogP contribution is -2.35. The van der Waals surface area contributed by atoms with Crippen molar-refractivity contribution in [1.82, 2.24) is 0 Å². The fourth-order valence-corrected chi connectivity index (χ4v) is 2.48. The van der Waals surface area contributed by atoms with Gasteiger partial charge in [0, 0.05) is 11.5 Å². The van der Waals surface area contributed by atoms with E-state index < -0.39 is 23.4 Å². The minimum atomic E-state index is -0.883. The Morgan fingerprint density at radius 2 is 1.93 bits per heavy atom. The molecule has 4 nitrogen and oxygen atoms in total. The van der Waals surface area contributed by atoms with Gasteiger partial charge < -0.3 is 9.84 Å². The molecule has 15 heavy (non-hydrogen) atoms. The minimum Gasteiger partial charge on any atom is -0.481 e. The first-order chi connectivity index (χ1) is 6.82. The fourth-order valence-electron chi connectivity index (χ4n) is 1.20. The summed E-state index contributed by atoms with van der Waals surface area (Å²) >= 11 is 1.51. The van der Waals surface area contributed by atoms with Gasteiger partial charge in [0.2, 0.25) is 0 Å². The second-order valence-electron chi connectivity index (χ2n) is 4.68. The predicted molar refractivity (Wildman–Crippen MR) is 57.8 cm³/mol. The standard InChI is InChI=1S/C10H16O4S/c1-10(2,3)9(13)14-7-5-15-4-6(7)8(11)12/h6-7H,4-5H2,1-3H3,(H,11,12). The highest BCUT2D eigenvalue weighted by atomic mass is 32.2. The molecule has 0 aromatic carbocycles. The van der Waals surface area contributed by atoms with E-state index in [0.717, 1.165) is 0 Å². The maximum Gasteiger partial charge on any atom is 0.311 e. The first-order valence-corrected chi connectivity index (χ1v) is 5.99. The van der Waals surface area contributed by atoms with Gasteiger partial charge in [-0.25, -0.2) is 0 Å². The van der Waals surface area contributed by atoms with E-state index in [1.54, 1.807) is 20.8 Å². The van der Waals surface area contributed by atoms with Crippen LogP contribution in [0, 0.1) is 11.3 Å². The number of hydrogen-bond donors (Lipinski definition) is 1. The van der Waals surface area contributed by atoms with Crippen molar-refractivity contribution in [2.45, 2.75) is 26.9 Å². The molecule has 0 aromatic heterocycles. The molecule has 0 bridgehead atoms. The number of thioether (sulfide) groups is 1. The van der Waals surface area contributed by atoms with E-state index in [-0.39, 0.29) is 5.97 Å². The van der Waals surface area contributed by atoms with Crippen LogP contribution in [0.4, 0.5) is 0 Å². The van der Waals surface area contributed by atoms with Gasteiger partial charge in [-0.05, 0) is 20.8 Å². The van der Waals surface area contributed by atoms with E-state index in [1.165, 1.54) is 11.8 Å². The molecule has 86 valence electrons. The molecule has 1 N–H and O–H groups in total. The van der Waals surface area contributed by atoms with Gasteiger partial charge in [-0.2, -0.15) is 11.8 Å². The number of esters is 1. The maximum atomic E-state index is 11.6. The molecule has 1 fully saturated rings. The quantitative estimate of drug-likeness (QED) is 0.729. The zero-order chi connectivity index (χ0) is 11.6. The predicted octanol–water partition coefficient (Wildman–Crippen LogP) is 1.39. The van der Waals surface area contributed by atoms with Gasteiger partial charge in [0.15, 0.2) is 0 Å². The van der Waals surface area contributed by atoms with Crippen molar-refractivity contribution in [1.29, 1.82) is 0 Å². The zero-order valence-electron chi connectivity index (χ0n) is 9.15. The van der Waals surface area contributed by atoms with Crippen molar-refractivity contribution in [2.24, 2.45) is 11.3 Å². The second-order valence-corrected chi connectivity index (χ2v) is 5.75. The molecule has 0 aromatic rings. The number of carboxylic acids is 1. The van der Waals surface area contributed by atoms with Crippen LogP contribution in [-0.2, 0) is 14.3 Å². The molecule has 1 aliphatic heterocycles. The number of hydrogen-bond acceptors (Lipinski definition) is 4. The number of carbonyl (C=O) groups excluding carboxylic acids is 1. The molecule has 1 saturated heterocycles. The molecular formula is C10H16O4S. The van der Waals surface area contributed by atoms with E-state index in [2.05, 4.69) is 0 Å². The Kier molecular flexibility index (Phi) is 3.65. The lowest BCUT2D eigenvalue weighted by Gasteiger charge is -2.22. The first kappa shape index (κ1) is 12.4. The summed E-state index contributed by atoms with van der Waals surface area (Å²) in [5.74, 6) is -0.662. The summed E-state index contributed by atoms with van der Waals surface area (Å²) in [5.41, 5.74) is -0.573. The molecule has 1 heterocycles. The lowest BCUT2D eigenvalue weighted by atomic mass is 9.97. The number of aliphatic carboxylic acids is 1. The van der Waals surface area contributed by atoms with Crippen LogP contribution in [0.5, 0.6) is 0 Å². The van der Waals surface area contributed by atoms with E-state index in [4.69, 9.17) is 9.84 Å². The van der Waals surface area contributed by atoms with Crippen LogP contribution < -0.4 is 0 Å². The Hall–Kier alpha value is -0.710. The molecule has 0 amide bonds.